The summed E-state index contributed by atoms with van der Waals surface area (Å²) >= 11 is 0. The Balaban J connectivity index is 0.000000449. The minimum atomic E-state index is 0.314. The zero-order valence-electron chi connectivity index (χ0n) is 16.0. The molecule has 0 bridgehead atoms. The van der Waals surface area contributed by atoms with Gasteiger partial charge in [0.1, 0.15) is 0 Å². The van der Waals surface area contributed by atoms with Gasteiger partial charge < -0.3 is 10.2 Å². The monoisotopic (exact) mass is 334 g/mol. The highest BCUT2D eigenvalue weighted by Crippen LogP contribution is 2.13. The number of rotatable bonds is 11. The van der Waals surface area contributed by atoms with Crippen molar-refractivity contribution in [3.63, 3.8) is 0 Å². The third-order valence-electron chi connectivity index (χ3n) is 4.24. The van der Waals surface area contributed by atoms with Gasteiger partial charge in [0.15, 0.2) is 0 Å². The minimum absolute atomic E-state index is 0.314. The van der Waals surface area contributed by atoms with E-state index in [1.54, 1.807) is 0 Å². The van der Waals surface area contributed by atoms with Crippen LogP contribution >= 0.6 is 0 Å². The molecule has 0 spiro atoms. The lowest BCUT2D eigenvalue weighted by Crippen LogP contribution is -2.00. The molecule has 0 fully saturated rings. The Morgan fingerprint density at radius 2 is 1.58 bits per heavy atom. The lowest BCUT2D eigenvalue weighted by atomic mass is 10.00. The highest BCUT2D eigenvalue weighted by atomic mass is 16.3. The van der Waals surface area contributed by atoms with Gasteiger partial charge in [-0.15, -0.1) is 6.58 Å². The van der Waals surface area contributed by atoms with Gasteiger partial charge in [0.05, 0.1) is 0 Å². The first-order chi connectivity index (χ1) is 11.5. The van der Waals surface area contributed by atoms with Crippen molar-refractivity contribution in [1.82, 2.24) is 0 Å². The first-order valence-electron chi connectivity index (χ1n) is 9.39. The van der Waals surface area contributed by atoms with Crippen molar-refractivity contribution in [2.75, 3.05) is 13.2 Å². The van der Waals surface area contributed by atoms with Gasteiger partial charge in [0.25, 0.3) is 0 Å². The summed E-state index contributed by atoms with van der Waals surface area (Å²) in [7, 11) is 0. The number of aliphatic hydroxyl groups is 2. The third kappa shape index (κ3) is 14.5. The lowest BCUT2D eigenvalue weighted by molar-refractivity contribution is 0.228. The third-order valence-corrected chi connectivity index (χ3v) is 4.24. The summed E-state index contributed by atoms with van der Waals surface area (Å²) in [5, 5.41) is 17.5. The van der Waals surface area contributed by atoms with Crippen LogP contribution in [0, 0.1) is 11.8 Å². The molecule has 1 rings (SSSR count). The van der Waals surface area contributed by atoms with Crippen LogP contribution in [0.3, 0.4) is 0 Å². The highest BCUT2D eigenvalue weighted by molar-refractivity contribution is 5.14. The zero-order chi connectivity index (χ0) is 18.2. The fraction of sp³-hybridized carbons (Fsp3) is 0.636. The van der Waals surface area contributed by atoms with Crippen LogP contribution in [-0.2, 0) is 6.42 Å². The van der Waals surface area contributed by atoms with E-state index in [0.717, 1.165) is 25.7 Å². The lowest BCUT2D eigenvalue weighted by Gasteiger charge is -2.08. The first-order valence-corrected chi connectivity index (χ1v) is 9.39. The molecule has 0 saturated heterocycles. The fourth-order valence-corrected chi connectivity index (χ4v) is 2.51. The molecular weight excluding hydrogens is 296 g/mol. The van der Waals surface area contributed by atoms with Gasteiger partial charge in [-0.1, -0.05) is 56.2 Å². The number of allylic oxidation sites excluding steroid dienone is 1. The molecule has 1 aromatic carbocycles. The summed E-state index contributed by atoms with van der Waals surface area (Å²) in [4.78, 5) is 0. The molecule has 0 heterocycles. The van der Waals surface area contributed by atoms with Crippen LogP contribution in [0.4, 0.5) is 0 Å². The van der Waals surface area contributed by atoms with E-state index in [1.165, 1.54) is 30.4 Å². The van der Waals surface area contributed by atoms with Crippen LogP contribution in [-0.4, -0.2) is 23.4 Å². The largest absolute Gasteiger partial charge is 0.396 e. The predicted molar refractivity (Wildman–Crippen MR) is 105 cm³/mol. The van der Waals surface area contributed by atoms with E-state index >= 15 is 0 Å². The summed E-state index contributed by atoms with van der Waals surface area (Å²) in [5.74, 6) is 1.11. The van der Waals surface area contributed by atoms with Crippen molar-refractivity contribution >= 4 is 0 Å². The molecule has 2 N–H and O–H groups in total. The second-order valence-corrected chi connectivity index (χ2v) is 7.13. The van der Waals surface area contributed by atoms with Gasteiger partial charge >= 0.3 is 0 Å². The van der Waals surface area contributed by atoms with E-state index in [9.17, 15) is 0 Å². The number of hydrogen-bond donors (Lipinski definition) is 2. The van der Waals surface area contributed by atoms with Gasteiger partial charge in [-0.2, -0.15) is 0 Å². The summed E-state index contributed by atoms with van der Waals surface area (Å²) < 4.78 is 0. The molecule has 0 amide bonds. The van der Waals surface area contributed by atoms with E-state index in [2.05, 4.69) is 51.6 Å². The molecule has 0 saturated carbocycles. The molecule has 0 aliphatic carbocycles. The average Bonchev–Trinajstić information content (AvgIpc) is 2.56. The van der Waals surface area contributed by atoms with Crippen LogP contribution < -0.4 is 0 Å². The molecule has 2 nitrogen and oxygen atoms in total. The van der Waals surface area contributed by atoms with Crippen molar-refractivity contribution < 1.29 is 10.2 Å². The normalized spacial score (nSPS) is 12.9. The van der Waals surface area contributed by atoms with E-state index in [1.807, 2.05) is 6.07 Å². The van der Waals surface area contributed by atoms with Gasteiger partial charge in [-0.3, -0.25) is 0 Å². The summed E-state index contributed by atoms with van der Waals surface area (Å²) in [6, 6.07) is 10.5. The molecule has 24 heavy (non-hydrogen) atoms. The number of benzene rings is 1. The van der Waals surface area contributed by atoms with Crippen LogP contribution in [0.15, 0.2) is 42.5 Å². The molecule has 2 unspecified atom stereocenters. The Bertz CT molecular complexity index is 400. The highest BCUT2D eigenvalue weighted by Gasteiger charge is 2.00. The van der Waals surface area contributed by atoms with Gasteiger partial charge in [0, 0.05) is 13.2 Å². The van der Waals surface area contributed by atoms with E-state index in [4.69, 9.17) is 10.2 Å². The topological polar surface area (TPSA) is 40.5 Å². The maximum absolute atomic E-state index is 8.83. The van der Waals surface area contributed by atoms with E-state index < -0.39 is 0 Å². The molecular formula is C22H38O2. The molecule has 0 aromatic heterocycles. The number of aryl methyl sites for hydroxylation is 1. The molecule has 1 aromatic rings. The van der Waals surface area contributed by atoms with Crippen molar-refractivity contribution in [1.29, 1.82) is 0 Å². The molecule has 2 atom stereocenters. The standard InChI is InChI=1S/C12H18O.C10H20O/c1-11(10-13)6-5-9-12-7-3-2-4-8-12;1-9(2)5-4-6-10(3)7-8-11/h2-4,7-8,11,13H,5-6,9-10H2,1H3;10-11H,1,4-8H2,2-3H3. The summed E-state index contributed by atoms with van der Waals surface area (Å²) in [6.07, 6.45) is 7.93. The van der Waals surface area contributed by atoms with Crippen molar-refractivity contribution in [3.8, 4) is 0 Å². The molecule has 0 aliphatic heterocycles. The van der Waals surface area contributed by atoms with Crippen LogP contribution in [0.5, 0.6) is 0 Å². The van der Waals surface area contributed by atoms with Crippen LogP contribution in [0.1, 0.15) is 64.9 Å². The number of aliphatic hydroxyl groups excluding tert-OH is 2. The summed E-state index contributed by atoms with van der Waals surface area (Å²) in [6.45, 7) is 10.8. The van der Waals surface area contributed by atoms with Crippen LogP contribution in [0.2, 0.25) is 0 Å². The molecule has 0 aliphatic rings. The van der Waals surface area contributed by atoms with Crippen molar-refractivity contribution in [3.05, 3.63) is 48.0 Å². The fourth-order valence-electron chi connectivity index (χ4n) is 2.51. The Labute approximate surface area is 149 Å². The number of hydrogen-bond acceptors (Lipinski definition) is 2. The Kier molecular flexibility index (Phi) is 14.7. The second-order valence-electron chi connectivity index (χ2n) is 7.13. The van der Waals surface area contributed by atoms with Gasteiger partial charge in [-0.05, 0) is 62.8 Å². The Morgan fingerprint density at radius 3 is 2.12 bits per heavy atom. The van der Waals surface area contributed by atoms with Crippen LogP contribution in [0.25, 0.3) is 0 Å². The average molecular weight is 335 g/mol. The molecule has 0 radical (unpaired) electrons. The zero-order valence-corrected chi connectivity index (χ0v) is 16.0. The van der Waals surface area contributed by atoms with Gasteiger partial charge in [-0.25, -0.2) is 0 Å². The van der Waals surface area contributed by atoms with Crippen molar-refractivity contribution in [2.45, 2.75) is 65.7 Å². The predicted octanol–water partition coefficient (Wildman–Crippen LogP) is 5.39. The van der Waals surface area contributed by atoms with E-state index in [0.29, 0.717) is 25.0 Å². The van der Waals surface area contributed by atoms with Crippen molar-refractivity contribution in [2.24, 2.45) is 11.8 Å². The maximum Gasteiger partial charge on any atom is 0.0456 e. The maximum atomic E-state index is 8.83. The Hall–Kier alpha value is -1.12. The smallest absolute Gasteiger partial charge is 0.0456 e. The SMILES string of the molecule is C=C(C)CCCC(C)CCO.CC(CO)CCCc1ccccc1. The first kappa shape index (κ1) is 22.9. The second kappa shape index (κ2) is 15.4. The van der Waals surface area contributed by atoms with Gasteiger partial charge in [0.2, 0.25) is 0 Å². The molecule has 138 valence electrons. The minimum Gasteiger partial charge on any atom is -0.396 e. The molecule has 2 heteroatoms. The Morgan fingerprint density at radius 1 is 0.958 bits per heavy atom. The van der Waals surface area contributed by atoms with E-state index in [-0.39, 0.29) is 0 Å². The summed E-state index contributed by atoms with van der Waals surface area (Å²) in [5.41, 5.74) is 2.66. The quantitative estimate of drug-likeness (QED) is 0.533.